The van der Waals surface area contributed by atoms with Crippen LogP contribution in [-0.4, -0.2) is 93.6 Å². The summed E-state index contributed by atoms with van der Waals surface area (Å²) in [5.74, 6) is -0.0451. The number of rotatable bonds is 36. The Hall–Kier alpha value is -3.91. The Balaban J connectivity index is 3.49. The summed E-state index contributed by atoms with van der Waals surface area (Å²) in [6, 6.07) is 0. The summed E-state index contributed by atoms with van der Waals surface area (Å²) in [6.45, 7) is 9.01. The fourth-order valence-electron chi connectivity index (χ4n) is 5.70. The normalized spacial score (nSPS) is 10.9. The van der Waals surface area contributed by atoms with E-state index in [4.69, 9.17) is 4.74 Å². The van der Waals surface area contributed by atoms with Gasteiger partial charge >= 0.3 is 12.1 Å². The molecule has 0 unspecified atom stereocenters. The first-order valence-electron chi connectivity index (χ1n) is 21.7. The summed E-state index contributed by atoms with van der Waals surface area (Å²) >= 11 is 0. The van der Waals surface area contributed by atoms with Gasteiger partial charge in [0, 0.05) is 77.8 Å². The summed E-state index contributed by atoms with van der Waals surface area (Å²) in [4.78, 5) is 82.8. The first kappa shape index (κ1) is 53.1. The summed E-state index contributed by atoms with van der Waals surface area (Å²) in [5, 5.41) is 17.4. The number of carbonyl (C=O) groups is 7. The van der Waals surface area contributed by atoms with Gasteiger partial charge in [0.05, 0.1) is 7.11 Å². The van der Waals surface area contributed by atoms with Crippen LogP contribution in [0.3, 0.4) is 0 Å². The van der Waals surface area contributed by atoms with E-state index in [2.05, 4.69) is 36.6 Å². The molecule has 0 radical (unpaired) electrons. The van der Waals surface area contributed by atoms with Crippen molar-refractivity contribution in [2.24, 2.45) is 0 Å². The fourth-order valence-corrected chi connectivity index (χ4v) is 5.70. The predicted octanol–water partition coefficient (Wildman–Crippen LogP) is 5.63. The maximum Gasteiger partial charge on any atom is 0.407 e. The van der Waals surface area contributed by atoms with Crippen molar-refractivity contribution >= 4 is 41.6 Å². The summed E-state index contributed by atoms with van der Waals surface area (Å²) in [6.07, 6.45) is 17.1. The molecular weight excluding hydrogens is 732 g/mol. The Kier molecular flexibility index (Phi) is 33.9. The molecule has 0 aliphatic carbocycles. The van der Waals surface area contributed by atoms with E-state index in [1.165, 1.54) is 7.11 Å². The van der Waals surface area contributed by atoms with Crippen molar-refractivity contribution in [3.05, 3.63) is 0 Å². The lowest BCUT2D eigenvalue weighted by Crippen LogP contribution is -2.33. The van der Waals surface area contributed by atoms with Crippen LogP contribution in [0.15, 0.2) is 0 Å². The third-order valence-electron chi connectivity index (χ3n) is 8.97. The molecule has 6 amide bonds. The second-order valence-corrected chi connectivity index (χ2v) is 15.6. The van der Waals surface area contributed by atoms with Crippen LogP contribution in [0.5, 0.6) is 0 Å². The Morgan fingerprint density at radius 1 is 0.351 bits per heavy atom. The minimum absolute atomic E-state index is 0.0272. The summed E-state index contributed by atoms with van der Waals surface area (Å²) < 4.78 is 9.79. The molecule has 15 nitrogen and oxygen atoms in total. The highest BCUT2D eigenvalue weighted by atomic mass is 16.6. The van der Waals surface area contributed by atoms with Crippen molar-refractivity contribution in [3.8, 4) is 0 Å². The molecule has 6 N–H and O–H groups in total. The molecule has 0 saturated heterocycles. The first-order chi connectivity index (χ1) is 27.3. The van der Waals surface area contributed by atoms with E-state index in [9.17, 15) is 33.6 Å². The Morgan fingerprint density at radius 2 is 0.596 bits per heavy atom. The van der Waals surface area contributed by atoms with Gasteiger partial charge in [0.25, 0.3) is 0 Å². The van der Waals surface area contributed by atoms with Gasteiger partial charge < -0.3 is 41.4 Å². The van der Waals surface area contributed by atoms with Gasteiger partial charge in [-0.25, -0.2) is 4.79 Å². The molecule has 0 bridgehead atoms. The molecule has 0 aromatic heterocycles. The molecule has 0 heterocycles. The van der Waals surface area contributed by atoms with Gasteiger partial charge in [-0.15, -0.1) is 0 Å². The zero-order valence-electron chi connectivity index (χ0n) is 35.9. The molecule has 0 atom stereocenters. The maximum absolute atomic E-state index is 12.1. The van der Waals surface area contributed by atoms with Gasteiger partial charge in [-0.1, -0.05) is 38.5 Å². The molecular formula is C42H78N6O9. The smallest absolute Gasteiger partial charge is 0.407 e. The molecule has 0 fully saturated rings. The largest absolute Gasteiger partial charge is 0.469 e. The van der Waals surface area contributed by atoms with Crippen LogP contribution in [0, 0.1) is 0 Å². The van der Waals surface area contributed by atoms with E-state index in [1.54, 1.807) is 0 Å². The van der Waals surface area contributed by atoms with Gasteiger partial charge in [0.2, 0.25) is 29.5 Å². The standard InChI is InChI=1S/C42H78N6O9/c1-42(2,3)57-41(55)48-34-22-9-15-27-39(53)46-32-20-7-13-25-37(51)44-30-18-5-11-23-35(49)43-29-17-6-12-24-36(50)45-31-19-8-14-26-38(52)47-33-21-10-16-28-40(54)56-4/h5-34H2,1-4H3,(H,43,49)(H,44,51)(H,45,50)(H,46,53)(H,47,52)(H,48,55). The highest BCUT2D eigenvalue weighted by Crippen LogP contribution is 2.08. The highest BCUT2D eigenvalue weighted by Gasteiger charge is 2.15. The van der Waals surface area contributed by atoms with Crippen LogP contribution in [0.1, 0.15) is 175 Å². The van der Waals surface area contributed by atoms with Crippen molar-refractivity contribution in [1.29, 1.82) is 0 Å². The van der Waals surface area contributed by atoms with Crippen LogP contribution in [0.2, 0.25) is 0 Å². The molecule has 0 rings (SSSR count). The van der Waals surface area contributed by atoms with Crippen LogP contribution >= 0.6 is 0 Å². The van der Waals surface area contributed by atoms with Crippen molar-refractivity contribution in [2.75, 3.05) is 46.4 Å². The minimum Gasteiger partial charge on any atom is -0.469 e. The van der Waals surface area contributed by atoms with Crippen molar-refractivity contribution < 1.29 is 43.0 Å². The number of esters is 1. The molecule has 0 aliphatic heterocycles. The molecule has 0 aromatic rings. The van der Waals surface area contributed by atoms with Gasteiger partial charge in [0.15, 0.2) is 0 Å². The minimum atomic E-state index is -0.514. The SMILES string of the molecule is COC(=O)CCCCCNC(=O)CCCCCNC(=O)CCCCCNC(=O)CCCCCNC(=O)CCCCCNC(=O)CCCCCNC(=O)OC(C)(C)C. The van der Waals surface area contributed by atoms with Gasteiger partial charge in [-0.2, -0.15) is 0 Å². The van der Waals surface area contributed by atoms with Crippen LogP contribution in [0.4, 0.5) is 4.79 Å². The first-order valence-corrected chi connectivity index (χ1v) is 21.7. The molecule has 0 aliphatic rings. The number of ether oxygens (including phenoxy) is 2. The van der Waals surface area contributed by atoms with E-state index >= 15 is 0 Å². The lowest BCUT2D eigenvalue weighted by atomic mass is 10.1. The maximum atomic E-state index is 12.1. The molecule has 0 aromatic carbocycles. The van der Waals surface area contributed by atoms with E-state index in [0.717, 1.165) is 116 Å². The van der Waals surface area contributed by atoms with Crippen LogP contribution in [0.25, 0.3) is 0 Å². The van der Waals surface area contributed by atoms with Crippen molar-refractivity contribution in [2.45, 2.75) is 180 Å². The van der Waals surface area contributed by atoms with Crippen molar-refractivity contribution in [3.63, 3.8) is 0 Å². The third kappa shape index (κ3) is 40.1. The average Bonchev–Trinajstić information content (AvgIpc) is 3.15. The van der Waals surface area contributed by atoms with Crippen molar-refractivity contribution in [1.82, 2.24) is 31.9 Å². The Bertz CT molecular complexity index is 1130. The lowest BCUT2D eigenvalue weighted by molar-refractivity contribution is -0.140. The number of carbonyl (C=O) groups excluding carboxylic acids is 7. The molecule has 15 heteroatoms. The van der Waals surface area contributed by atoms with Gasteiger partial charge in [-0.05, 0) is 97.8 Å². The molecule has 57 heavy (non-hydrogen) atoms. The highest BCUT2D eigenvalue weighted by molar-refractivity contribution is 5.77. The zero-order chi connectivity index (χ0) is 42.4. The number of methoxy groups -OCH3 is 1. The van der Waals surface area contributed by atoms with E-state index in [0.29, 0.717) is 77.8 Å². The number of hydrogen-bond donors (Lipinski definition) is 6. The Morgan fingerprint density at radius 3 is 0.842 bits per heavy atom. The second kappa shape index (κ2) is 36.4. The van der Waals surface area contributed by atoms with Crippen LogP contribution in [-0.2, 0) is 38.2 Å². The average molecular weight is 811 g/mol. The summed E-state index contributed by atoms with van der Waals surface area (Å²) in [7, 11) is 1.38. The molecule has 0 saturated carbocycles. The third-order valence-corrected chi connectivity index (χ3v) is 8.97. The number of nitrogens with one attached hydrogen (secondary N) is 6. The topological polar surface area (TPSA) is 210 Å². The fraction of sp³-hybridized carbons (Fsp3) is 0.833. The monoisotopic (exact) mass is 811 g/mol. The lowest BCUT2D eigenvalue weighted by Gasteiger charge is -2.19. The van der Waals surface area contributed by atoms with E-state index in [-0.39, 0.29) is 35.5 Å². The Labute approximate surface area is 342 Å². The predicted molar refractivity (Wildman–Crippen MR) is 222 cm³/mol. The van der Waals surface area contributed by atoms with Gasteiger partial charge in [-0.3, -0.25) is 28.8 Å². The van der Waals surface area contributed by atoms with E-state index in [1.807, 2.05) is 20.8 Å². The summed E-state index contributed by atoms with van der Waals surface area (Å²) in [5.41, 5.74) is -0.514. The number of hydrogen-bond acceptors (Lipinski definition) is 9. The number of alkyl carbamates (subject to hydrolysis) is 1. The molecule has 330 valence electrons. The quantitative estimate of drug-likeness (QED) is 0.0342. The van der Waals surface area contributed by atoms with Crippen LogP contribution < -0.4 is 31.9 Å². The number of amides is 6. The molecule has 0 spiro atoms. The zero-order valence-corrected chi connectivity index (χ0v) is 35.9. The number of unbranched alkanes of at least 4 members (excludes halogenated alkanes) is 12. The second-order valence-electron chi connectivity index (χ2n) is 15.6. The van der Waals surface area contributed by atoms with E-state index < -0.39 is 11.7 Å². The van der Waals surface area contributed by atoms with Gasteiger partial charge in [0.1, 0.15) is 5.60 Å².